The summed E-state index contributed by atoms with van der Waals surface area (Å²) in [5, 5.41) is 10.2. The topological polar surface area (TPSA) is 75.3 Å². The molecule has 0 heterocycles. The van der Waals surface area contributed by atoms with Gasteiger partial charge < -0.3 is 16.2 Å². The van der Waals surface area contributed by atoms with Gasteiger partial charge in [-0.3, -0.25) is 4.79 Å². The molecule has 4 nitrogen and oxygen atoms in total. The number of rotatable bonds is 5. The molecule has 11 heteroatoms. The smallest absolute Gasteiger partial charge is 0.385 e. The Bertz CT molecular complexity index is 303. The second-order valence-corrected chi connectivity index (χ2v) is 4.19. The summed E-state index contributed by atoms with van der Waals surface area (Å²) in [7, 11) is 0. The van der Waals surface area contributed by atoms with Crippen LogP contribution in [0.4, 0.5) is 22.0 Å². The lowest BCUT2D eigenvalue weighted by molar-refractivity contribution is -0.173. The molecule has 0 bridgehead atoms. The summed E-state index contributed by atoms with van der Waals surface area (Å²) in [5.41, 5.74) is 5.23. The summed E-state index contributed by atoms with van der Waals surface area (Å²) in [6, 6.07) is -1.43. The molecule has 20 heavy (non-hydrogen) atoms. The van der Waals surface area contributed by atoms with Crippen molar-refractivity contribution in [2.24, 2.45) is 11.7 Å². The summed E-state index contributed by atoms with van der Waals surface area (Å²) in [6.07, 6.45) is -7.36. The molecule has 4 N–H and O–H groups in total. The zero-order valence-corrected chi connectivity index (χ0v) is 12.2. The molecule has 0 saturated heterocycles. The number of hydrogen-bond donors (Lipinski definition) is 3. The van der Waals surface area contributed by atoms with E-state index in [0.717, 1.165) is 5.32 Å². The number of carbonyl (C=O) groups is 1. The monoisotopic (exact) mass is 350 g/mol. The third-order valence-corrected chi connectivity index (χ3v) is 2.26. The van der Waals surface area contributed by atoms with Gasteiger partial charge in [-0.15, -0.1) is 24.8 Å². The van der Waals surface area contributed by atoms with Crippen LogP contribution in [0.1, 0.15) is 13.8 Å². The highest BCUT2D eigenvalue weighted by atomic mass is 35.5. The first-order chi connectivity index (χ1) is 7.89. The Labute approximate surface area is 125 Å². The van der Waals surface area contributed by atoms with E-state index in [1.807, 2.05) is 0 Å². The predicted molar refractivity (Wildman–Crippen MR) is 67.3 cm³/mol. The first-order valence-electron chi connectivity index (χ1n) is 5.06. The number of amides is 1. The minimum Gasteiger partial charge on any atom is -0.385 e. The maximum absolute atomic E-state index is 13.3. The van der Waals surface area contributed by atoms with Gasteiger partial charge in [0.1, 0.15) is 12.6 Å². The quantitative estimate of drug-likeness (QED) is 0.657. The number of nitrogens with two attached hydrogens (primary N) is 1. The van der Waals surface area contributed by atoms with Crippen molar-refractivity contribution in [2.45, 2.75) is 38.1 Å². The van der Waals surface area contributed by atoms with Crippen molar-refractivity contribution < 1.29 is 31.9 Å². The van der Waals surface area contributed by atoms with Crippen molar-refractivity contribution >= 4 is 30.7 Å². The Morgan fingerprint density at radius 2 is 1.60 bits per heavy atom. The minimum atomic E-state index is -4.81. The molecule has 0 aromatic heterocycles. The van der Waals surface area contributed by atoms with Crippen LogP contribution in [0.25, 0.3) is 0 Å². The number of nitrogens with one attached hydrogen (secondary N) is 1. The molecular formula is C9H17Cl2F5N2O2. The van der Waals surface area contributed by atoms with E-state index in [4.69, 9.17) is 5.73 Å². The molecule has 0 unspecified atom stereocenters. The molecule has 0 spiro atoms. The normalized spacial score (nSPS) is 14.9. The first kappa shape index (κ1) is 24.6. The molecule has 0 rings (SSSR count). The average molecular weight is 351 g/mol. The molecule has 0 aliphatic rings. The van der Waals surface area contributed by atoms with Crippen molar-refractivity contribution in [1.82, 2.24) is 5.32 Å². The van der Waals surface area contributed by atoms with Crippen molar-refractivity contribution in [3.8, 4) is 0 Å². The second kappa shape index (κ2) is 8.81. The Morgan fingerprint density at radius 3 is 1.90 bits per heavy atom. The number of aliphatic hydroxyl groups is 1. The fraction of sp³-hybridized carbons (Fsp3) is 0.889. The largest absolute Gasteiger partial charge is 0.405 e. The van der Waals surface area contributed by atoms with Crippen LogP contribution in [-0.4, -0.2) is 41.8 Å². The van der Waals surface area contributed by atoms with Gasteiger partial charge in [0.05, 0.1) is 0 Å². The minimum absolute atomic E-state index is 0. The molecular weight excluding hydrogens is 334 g/mol. The molecule has 0 aromatic rings. The molecule has 0 saturated carbocycles. The Hall–Kier alpha value is -0.380. The highest BCUT2D eigenvalue weighted by Crippen LogP contribution is 2.24. The van der Waals surface area contributed by atoms with Crippen LogP contribution in [0.5, 0.6) is 0 Å². The van der Waals surface area contributed by atoms with Crippen molar-refractivity contribution in [1.29, 1.82) is 0 Å². The van der Waals surface area contributed by atoms with Crippen LogP contribution in [0.2, 0.25) is 0 Å². The Balaban J connectivity index is -0.00000144. The van der Waals surface area contributed by atoms with Crippen molar-refractivity contribution in [2.75, 3.05) is 6.54 Å². The number of hydrogen-bond acceptors (Lipinski definition) is 3. The van der Waals surface area contributed by atoms with Crippen LogP contribution >= 0.6 is 24.8 Å². The summed E-state index contributed by atoms with van der Waals surface area (Å²) >= 11 is 0. The van der Waals surface area contributed by atoms with Crippen LogP contribution in [0, 0.1) is 5.92 Å². The number of alkyl halides is 5. The van der Waals surface area contributed by atoms with Gasteiger partial charge in [0.25, 0.3) is 5.91 Å². The maximum atomic E-state index is 13.3. The van der Waals surface area contributed by atoms with Gasteiger partial charge in [0, 0.05) is 6.04 Å². The van der Waals surface area contributed by atoms with Crippen LogP contribution < -0.4 is 11.1 Å². The first-order valence-corrected chi connectivity index (χ1v) is 5.06. The van der Waals surface area contributed by atoms with E-state index in [1.165, 1.54) is 13.8 Å². The van der Waals surface area contributed by atoms with Gasteiger partial charge in [0.2, 0.25) is 0 Å². The van der Waals surface area contributed by atoms with Crippen LogP contribution in [-0.2, 0) is 4.79 Å². The molecule has 0 fully saturated rings. The molecule has 124 valence electrons. The number of halogens is 7. The van der Waals surface area contributed by atoms with Crippen LogP contribution in [0.3, 0.4) is 0 Å². The SMILES string of the molecule is CC(C)[C@H](N)[C@@H](O)C(F)(F)C(=O)NCC(F)(F)F.Cl.Cl. The Morgan fingerprint density at radius 1 is 1.20 bits per heavy atom. The number of aliphatic hydroxyl groups excluding tert-OH is 1. The van der Waals surface area contributed by atoms with Gasteiger partial charge in [-0.1, -0.05) is 13.8 Å². The van der Waals surface area contributed by atoms with E-state index in [2.05, 4.69) is 0 Å². The lowest BCUT2D eigenvalue weighted by atomic mass is 9.95. The van der Waals surface area contributed by atoms with E-state index < -0.39 is 42.6 Å². The highest BCUT2D eigenvalue weighted by Gasteiger charge is 2.50. The fourth-order valence-electron chi connectivity index (χ4n) is 1.04. The van der Waals surface area contributed by atoms with Gasteiger partial charge in [-0.2, -0.15) is 22.0 Å². The number of carbonyl (C=O) groups excluding carboxylic acids is 1. The average Bonchev–Trinajstić information content (AvgIpc) is 2.22. The third-order valence-electron chi connectivity index (χ3n) is 2.26. The van der Waals surface area contributed by atoms with Gasteiger partial charge in [0.15, 0.2) is 0 Å². The van der Waals surface area contributed by atoms with Gasteiger partial charge in [-0.05, 0) is 5.92 Å². The standard InChI is InChI=1S/C9H15F5N2O2.2ClH/c1-4(2)5(15)6(17)9(13,14)7(18)16-3-8(10,11)12;;/h4-6,17H,3,15H2,1-2H3,(H,16,18);2*1H/t5-,6+;;/m0../s1. The van der Waals surface area contributed by atoms with E-state index in [1.54, 1.807) is 0 Å². The molecule has 1 amide bonds. The molecule has 2 atom stereocenters. The Kier molecular flexibility index (Phi) is 10.8. The lowest BCUT2D eigenvalue weighted by Gasteiger charge is -2.28. The van der Waals surface area contributed by atoms with E-state index in [-0.39, 0.29) is 24.8 Å². The van der Waals surface area contributed by atoms with Crippen LogP contribution in [0.15, 0.2) is 0 Å². The summed E-state index contributed by atoms with van der Waals surface area (Å²) in [5.74, 6) is -7.15. The maximum Gasteiger partial charge on any atom is 0.405 e. The molecule has 0 aliphatic heterocycles. The second-order valence-electron chi connectivity index (χ2n) is 4.19. The van der Waals surface area contributed by atoms with E-state index in [0.29, 0.717) is 0 Å². The van der Waals surface area contributed by atoms with Gasteiger partial charge >= 0.3 is 12.1 Å². The van der Waals surface area contributed by atoms with E-state index >= 15 is 0 Å². The van der Waals surface area contributed by atoms with E-state index in [9.17, 15) is 31.9 Å². The summed E-state index contributed by atoms with van der Waals surface area (Å²) < 4.78 is 61.8. The highest BCUT2D eigenvalue weighted by molar-refractivity contribution is 5.85. The fourth-order valence-corrected chi connectivity index (χ4v) is 1.04. The molecule has 0 aliphatic carbocycles. The third kappa shape index (κ3) is 7.41. The van der Waals surface area contributed by atoms with Gasteiger partial charge in [-0.25, -0.2) is 0 Å². The molecule has 0 aromatic carbocycles. The van der Waals surface area contributed by atoms with Crippen molar-refractivity contribution in [3.05, 3.63) is 0 Å². The zero-order chi connectivity index (χ0) is 14.7. The summed E-state index contributed by atoms with van der Waals surface area (Å²) in [4.78, 5) is 10.9. The van der Waals surface area contributed by atoms with Crippen molar-refractivity contribution in [3.63, 3.8) is 0 Å². The molecule has 0 radical (unpaired) electrons. The summed E-state index contributed by atoms with van der Waals surface area (Å²) in [6.45, 7) is 0.959. The predicted octanol–water partition coefficient (Wildman–Crippen LogP) is 1.49. The lowest BCUT2D eigenvalue weighted by Crippen LogP contribution is -2.57. The zero-order valence-electron chi connectivity index (χ0n) is 10.6.